The summed E-state index contributed by atoms with van der Waals surface area (Å²) in [7, 11) is 0. The van der Waals surface area contributed by atoms with Crippen LogP contribution in [0, 0.1) is 21.4 Å². The summed E-state index contributed by atoms with van der Waals surface area (Å²) in [4.78, 5) is 38.6. The van der Waals surface area contributed by atoms with Gasteiger partial charge in [-0.15, -0.1) is 0 Å². The Morgan fingerprint density at radius 1 is 1.10 bits per heavy atom. The molecule has 2 amide bonds. The summed E-state index contributed by atoms with van der Waals surface area (Å²) in [6, 6.07) is 12.7. The number of rotatable bonds is 4. The van der Waals surface area contributed by atoms with Crippen molar-refractivity contribution in [1.82, 2.24) is 4.90 Å². The number of hydrogen-bond acceptors (Lipinski definition) is 6. The Kier molecular flexibility index (Phi) is 5.74. The van der Waals surface area contributed by atoms with Gasteiger partial charge in [-0.05, 0) is 36.4 Å². The molecule has 0 spiro atoms. The summed E-state index contributed by atoms with van der Waals surface area (Å²) in [6.45, 7) is 3.45. The Labute approximate surface area is 167 Å². The monoisotopic (exact) mass is 393 g/mol. The number of nitrogens with zero attached hydrogens (tertiary/aromatic N) is 4. The summed E-state index contributed by atoms with van der Waals surface area (Å²) in [6.07, 6.45) is 0. The minimum Gasteiger partial charge on any atom is -0.362 e. The number of nitrogens with one attached hydrogen (secondary N) is 1. The van der Waals surface area contributed by atoms with E-state index in [4.69, 9.17) is 5.26 Å². The van der Waals surface area contributed by atoms with Gasteiger partial charge in [0, 0.05) is 50.4 Å². The Morgan fingerprint density at radius 3 is 2.31 bits per heavy atom. The van der Waals surface area contributed by atoms with E-state index in [2.05, 4.69) is 5.32 Å². The molecule has 1 N–H and O–H groups in total. The zero-order valence-corrected chi connectivity index (χ0v) is 15.8. The van der Waals surface area contributed by atoms with E-state index in [0.717, 1.165) is 0 Å². The molecule has 1 heterocycles. The number of piperazine rings is 1. The Bertz CT molecular complexity index is 989. The highest BCUT2D eigenvalue weighted by Crippen LogP contribution is 2.30. The minimum atomic E-state index is -0.509. The van der Waals surface area contributed by atoms with Gasteiger partial charge in [0.15, 0.2) is 0 Å². The average Bonchev–Trinajstić information content (AvgIpc) is 2.73. The largest absolute Gasteiger partial charge is 0.362 e. The van der Waals surface area contributed by atoms with Crippen LogP contribution in [-0.4, -0.2) is 47.8 Å². The van der Waals surface area contributed by atoms with Crippen LogP contribution in [0.1, 0.15) is 22.8 Å². The molecular weight excluding hydrogens is 374 g/mol. The van der Waals surface area contributed by atoms with Gasteiger partial charge in [0.1, 0.15) is 5.69 Å². The first-order chi connectivity index (χ1) is 13.9. The van der Waals surface area contributed by atoms with Gasteiger partial charge in [-0.3, -0.25) is 19.7 Å². The highest BCUT2D eigenvalue weighted by molar-refractivity contribution is 6.05. The van der Waals surface area contributed by atoms with Crippen LogP contribution in [0.15, 0.2) is 42.5 Å². The molecule has 148 valence electrons. The second-order valence-electron chi connectivity index (χ2n) is 6.60. The third-order valence-corrected chi connectivity index (χ3v) is 4.77. The Morgan fingerprint density at radius 2 is 1.76 bits per heavy atom. The lowest BCUT2D eigenvalue weighted by Crippen LogP contribution is -2.48. The normalized spacial score (nSPS) is 13.5. The molecule has 1 aliphatic rings. The maximum absolute atomic E-state index is 12.5. The second-order valence-corrected chi connectivity index (χ2v) is 6.60. The van der Waals surface area contributed by atoms with E-state index in [-0.39, 0.29) is 17.2 Å². The van der Waals surface area contributed by atoms with E-state index in [0.29, 0.717) is 43.1 Å². The molecule has 0 saturated carbocycles. The fourth-order valence-corrected chi connectivity index (χ4v) is 3.17. The molecule has 0 bridgehead atoms. The summed E-state index contributed by atoms with van der Waals surface area (Å²) in [5.41, 5.74) is 1.38. The summed E-state index contributed by atoms with van der Waals surface area (Å²) < 4.78 is 0. The number of amides is 2. The predicted molar refractivity (Wildman–Crippen MR) is 107 cm³/mol. The molecule has 2 aromatic rings. The lowest BCUT2D eigenvalue weighted by Gasteiger charge is -2.35. The smallest absolute Gasteiger partial charge is 0.293 e. The van der Waals surface area contributed by atoms with Crippen molar-refractivity contribution < 1.29 is 14.5 Å². The highest BCUT2D eigenvalue weighted by Gasteiger charge is 2.25. The van der Waals surface area contributed by atoms with Gasteiger partial charge in [-0.1, -0.05) is 0 Å². The van der Waals surface area contributed by atoms with Gasteiger partial charge < -0.3 is 15.1 Å². The number of nitriles is 1. The van der Waals surface area contributed by atoms with Crippen LogP contribution in [-0.2, 0) is 4.79 Å². The van der Waals surface area contributed by atoms with Gasteiger partial charge >= 0.3 is 0 Å². The molecule has 3 rings (SSSR count). The van der Waals surface area contributed by atoms with Crippen molar-refractivity contribution in [2.75, 3.05) is 36.4 Å². The lowest BCUT2D eigenvalue weighted by atomic mass is 10.1. The van der Waals surface area contributed by atoms with Crippen LogP contribution in [0.4, 0.5) is 17.1 Å². The second kappa shape index (κ2) is 8.39. The zero-order valence-electron chi connectivity index (χ0n) is 15.8. The standard InChI is InChI=1S/C20H19N5O4/c1-14(26)23-8-10-24(11-9-23)18-7-4-16(12-19(18)25(28)29)20(27)22-17-5-2-15(13-21)3-6-17/h2-7,12H,8-11H2,1H3,(H,22,27). The van der Waals surface area contributed by atoms with Crippen molar-refractivity contribution in [3.05, 3.63) is 63.7 Å². The van der Waals surface area contributed by atoms with Crippen LogP contribution in [0.25, 0.3) is 0 Å². The van der Waals surface area contributed by atoms with Crippen molar-refractivity contribution in [3.63, 3.8) is 0 Å². The first-order valence-corrected chi connectivity index (χ1v) is 8.99. The third-order valence-electron chi connectivity index (χ3n) is 4.77. The fraction of sp³-hybridized carbons (Fsp3) is 0.250. The van der Waals surface area contributed by atoms with Crippen molar-refractivity contribution in [1.29, 1.82) is 5.26 Å². The van der Waals surface area contributed by atoms with Crippen molar-refractivity contribution in [2.24, 2.45) is 0 Å². The van der Waals surface area contributed by atoms with Gasteiger partial charge in [-0.25, -0.2) is 0 Å². The number of carbonyl (C=O) groups excluding carboxylic acids is 2. The molecule has 1 fully saturated rings. The molecule has 29 heavy (non-hydrogen) atoms. The minimum absolute atomic E-state index is 0.0195. The topological polar surface area (TPSA) is 120 Å². The first kappa shape index (κ1) is 19.8. The highest BCUT2D eigenvalue weighted by atomic mass is 16.6. The quantitative estimate of drug-likeness (QED) is 0.629. The zero-order chi connectivity index (χ0) is 21.0. The van der Waals surface area contributed by atoms with E-state index in [9.17, 15) is 19.7 Å². The van der Waals surface area contributed by atoms with E-state index >= 15 is 0 Å². The molecule has 0 radical (unpaired) electrons. The molecule has 0 aliphatic carbocycles. The van der Waals surface area contributed by atoms with Crippen molar-refractivity contribution in [3.8, 4) is 6.07 Å². The average molecular weight is 393 g/mol. The van der Waals surface area contributed by atoms with Gasteiger partial charge in [0.05, 0.1) is 16.6 Å². The Hall–Kier alpha value is -3.93. The SMILES string of the molecule is CC(=O)N1CCN(c2ccc(C(=O)Nc3ccc(C#N)cc3)cc2[N+](=O)[O-])CC1. The number of anilines is 2. The molecule has 0 atom stereocenters. The van der Waals surface area contributed by atoms with Gasteiger partial charge in [0.2, 0.25) is 5.91 Å². The van der Waals surface area contributed by atoms with E-state index in [1.807, 2.05) is 11.0 Å². The number of nitro benzene ring substituents is 1. The summed E-state index contributed by atoms with van der Waals surface area (Å²) >= 11 is 0. The summed E-state index contributed by atoms with van der Waals surface area (Å²) in [5, 5.41) is 23.1. The maximum Gasteiger partial charge on any atom is 0.293 e. The molecule has 9 nitrogen and oxygen atoms in total. The lowest BCUT2D eigenvalue weighted by molar-refractivity contribution is -0.384. The molecule has 1 saturated heterocycles. The molecule has 1 aliphatic heterocycles. The maximum atomic E-state index is 12.5. The van der Waals surface area contributed by atoms with E-state index in [1.54, 1.807) is 41.3 Å². The molecule has 2 aromatic carbocycles. The molecule has 0 unspecified atom stereocenters. The van der Waals surface area contributed by atoms with Crippen LogP contribution >= 0.6 is 0 Å². The fourth-order valence-electron chi connectivity index (χ4n) is 3.17. The van der Waals surface area contributed by atoms with Crippen LogP contribution < -0.4 is 10.2 Å². The predicted octanol–water partition coefficient (Wildman–Crippen LogP) is 2.39. The molecule has 9 heteroatoms. The summed E-state index contributed by atoms with van der Waals surface area (Å²) in [5.74, 6) is -0.500. The van der Waals surface area contributed by atoms with Gasteiger partial charge in [-0.2, -0.15) is 5.26 Å². The van der Waals surface area contributed by atoms with Gasteiger partial charge in [0.25, 0.3) is 11.6 Å². The number of nitro groups is 1. The van der Waals surface area contributed by atoms with Crippen LogP contribution in [0.2, 0.25) is 0 Å². The van der Waals surface area contributed by atoms with Crippen molar-refractivity contribution in [2.45, 2.75) is 6.92 Å². The molecule has 0 aromatic heterocycles. The van der Waals surface area contributed by atoms with Crippen molar-refractivity contribution >= 4 is 28.9 Å². The Balaban J connectivity index is 1.78. The number of benzene rings is 2. The van der Waals surface area contributed by atoms with E-state index < -0.39 is 10.8 Å². The van der Waals surface area contributed by atoms with Crippen LogP contribution in [0.5, 0.6) is 0 Å². The number of carbonyl (C=O) groups is 2. The number of hydrogen-bond donors (Lipinski definition) is 1. The first-order valence-electron chi connectivity index (χ1n) is 8.99. The van der Waals surface area contributed by atoms with Crippen LogP contribution in [0.3, 0.4) is 0 Å². The van der Waals surface area contributed by atoms with E-state index in [1.165, 1.54) is 13.0 Å². The third kappa shape index (κ3) is 4.50. The molecular formula is C20H19N5O4.